The van der Waals surface area contributed by atoms with E-state index in [-0.39, 0.29) is 87.1 Å². The Labute approximate surface area is 85.6 Å². The van der Waals surface area contributed by atoms with Gasteiger partial charge in [0.15, 0.2) is 0 Å². The molecule has 0 aliphatic rings. The van der Waals surface area contributed by atoms with Gasteiger partial charge in [0.25, 0.3) is 0 Å². The monoisotopic (exact) mass is 433 g/mol. The van der Waals surface area contributed by atoms with Crippen LogP contribution in [-0.2, 0) is 61.3 Å². The summed E-state index contributed by atoms with van der Waals surface area (Å²) in [6.45, 7) is 0. The van der Waals surface area contributed by atoms with Crippen LogP contribution < -0.4 is 0 Å². The van der Waals surface area contributed by atoms with Gasteiger partial charge in [0.05, 0.1) is 0 Å². The second-order valence-corrected chi connectivity index (χ2v) is 0. The Hall–Kier alpha value is 2.86. The minimum atomic E-state index is 0. The molecule has 0 aliphatic heterocycles. The van der Waals surface area contributed by atoms with Gasteiger partial charge in [-0.05, 0) is 0 Å². The SMILES string of the molecule is [In].[Pd].[Pd].[Pd]. The Morgan fingerprint density at radius 3 is 0.500 bits per heavy atom. The molecule has 0 saturated heterocycles. The van der Waals surface area contributed by atoms with Gasteiger partial charge in [0, 0.05) is 87.1 Å². The van der Waals surface area contributed by atoms with Crippen LogP contribution in [0.15, 0.2) is 0 Å². The molecule has 4 heteroatoms. The molecule has 33 valence electrons. The van der Waals surface area contributed by atoms with Crippen LogP contribution >= 0.6 is 0 Å². The first kappa shape index (κ1) is 28.8. The van der Waals surface area contributed by atoms with E-state index in [1.54, 1.807) is 0 Å². The molecule has 0 saturated carbocycles. The van der Waals surface area contributed by atoms with Gasteiger partial charge in [-0.25, -0.2) is 0 Å². The molecule has 0 amide bonds. The molecule has 0 unspecified atom stereocenters. The van der Waals surface area contributed by atoms with E-state index in [9.17, 15) is 0 Å². The van der Waals surface area contributed by atoms with E-state index in [2.05, 4.69) is 0 Å². The van der Waals surface area contributed by atoms with Gasteiger partial charge in [-0.3, -0.25) is 0 Å². The first-order valence-corrected chi connectivity index (χ1v) is 0. The molecular formula is InPd3. The van der Waals surface area contributed by atoms with Crippen LogP contribution in [-0.4, -0.2) is 25.8 Å². The molecule has 0 rings (SSSR count). The third-order valence-corrected chi connectivity index (χ3v) is 0. The topological polar surface area (TPSA) is 0 Å². The van der Waals surface area contributed by atoms with Gasteiger partial charge < -0.3 is 0 Å². The Kier molecular flexibility index (Phi) is 122. The van der Waals surface area contributed by atoms with Gasteiger partial charge >= 0.3 is 0 Å². The normalized spacial score (nSPS) is 0. The summed E-state index contributed by atoms with van der Waals surface area (Å²) in [5.74, 6) is 0. The van der Waals surface area contributed by atoms with Crippen molar-refractivity contribution in [2.45, 2.75) is 0 Å². The molecule has 0 spiro atoms. The smallest absolute Gasteiger partial charge is 0 e. The van der Waals surface area contributed by atoms with Gasteiger partial charge in [-0.1, -0.05) is 0 Å². The standard InChI is InChI=1S/In.3Pd. The zero-order chi connectivity index (χ0) is 0. The second-order valence-electron chi connectivity index (χ2n) is 0. The van der Waals surface area contributed by atoms with E-state index < -0.39 is 0 Å². The first-order valence-electron chi connectivity index (χ1n) is 0. The molecule has 0 bridgehead atoms. The summed E-state index contributed by atoms with van der Waals surface area (Å²) in [5.41, 5.74) is 0. The molecule has 0 heterocycles. The molecule has 0 N–H and O–H groups in total. The van der Waals surface area contributed by atoms with Crippen molar-refractivity contribution in [1.29, 1.82) is 0 Å². The summed E-state index contributed by atoms with van der Waals surface area (Å²) < 4.78 is 0. The van der Waals surface area contributed by atoms with Crippen LogP contribution in [0.25, 0.3) is 0 Å². The van der Waals surface area contributed by atoms with Crippen LogP contribution in [0.4, 0.5) is 0 Å². The third kappa shape index (κ3) is 8.85. The fourth-order valence-corrected chi connectivity index (χ4v) is 0. The zero-order valence-electron chi connectivity index (χ0n) is 1.53. The average molecular weight is 434 g/mol. The maximum absolute atomic E-state index is 0. The van der Waals surface area contributed by atoms with Crippen LogP contribution in [0.2, 0.25) is 0 Å². The number of hydrogen-bond acceptors (Lipinski definition) is 0. The Bertz CT molecular complexity index is 3.25. The van der Waals surface area contributed by atoms with Crippen molar-refractivity contribution >= 4 is 25.8 Å². The third-order valence-electron chi connectivity index (χ3n) is 0. The molecule has 4 heavy (non-hydrogen) atoms. The van der Waals surface area contributed by atoms with E-state index in [1.165, 1.54) is 0 Å². The van der Waals surface area contributed by atoms with E-state index in [0.717, 1.165) is 0 Å². The zero-order valence-corrected chi connectivity index (χ0v) is 9.49. The summed E-state index contributed by atoms with van der Waals surface area (Å²) in [6.07, 6.45) is 0. The number of hydrogen-bond donors (Lipinski definition) is 0. The van der Waals surface area contributed by atoms with Crippen molar-refractivity contribution in [2.24, 2.45) is 0 Å². The maximum atomic E-state index is 0. The van der Waals surface area contributed by atoms with Crippen LogP contribution in [0.5, 0.6) is 0 Å². The summed E-state index contributed by atoms with van der Waals surface area (Å²) in [5, 5.41) is 0. The molecular weight excluding hydrogens is 434 g/mol. The van der Waals surface area contributed by atoms with E-state index in [4.69, 9.17) is 0 Å². The minimum Gasteiger partial charge on any atom is 0 e. The van der Waals surface area contributed by atoms with Crippen LogP contribution in [0.1, 0.15) is 0 Å². The number of rotatable bonds is 0. The molecule has 0 aromatic rings. The van der Waals surface area contributed by atoms with Gasteiger partial charge in [0.1, 0.15) is 0 Å². The van der Waals surface area contributed by atoms with Crippen molar-refractivity contribution in [3.8, 4) is 0 Å². The van der Waals surface area contributed by atoms with Crippen LogP contribution in [0, 0.1) is 0 Å². The van der Waals surface area contributed by atoms with Gasteiger partial charge in [-0.2, -0.15) is 0 Å². The predicted molar refractivity (Wildman–Crippen MR) is 5.75 cm³/mol. The molecule has 3 radical (unpaired) electrons. The Morgan fingerprint density at radius 2 is 0.500 bits per heavy atom. The van der Waals surface area contributed by atoms with E-state index in [0.29, 0.717) is 0 Å². The summed E-state index contributed by atoms with van der Waals surface area (Å²) in [7, 11) is 0. The van der Waals surface area contributed by atoms with Crippen molar-refractivity contribution in [1.82, 2.24) is 0 Å². The fraction of sp³-hybridized carbons (Fsp3) is 0. The van der Waals surface area contributed by atoms with E-state index >= 15 is 0 Å². The van der Waals surface area contributed by atoms with Gasteiger partial charge in [0.2, 0.25) is 0 Å². The van der Waals surface area contributed by atoms with Crippen molar-refractivity contribution in [3.05, 3.63) is 0 Å². The Morgan fingerprint density at radius 1 is 0.500 bits per heavy atom. The summed E-state index contributed by atoms with van der Waals surface area (Å²) >= 11 is 0. The van der Waals surface area contributed by atoms with Crippen molar-refractivity contribution in [3.63, 3.8) is 0 Å². The Balaban J connectivity index is 0. The molecule has 0 aliphatic carbocycles. The summed E-state index contributed by atoms with van der Waals surface area (Å²) in [4.78, 5) is 0. The molecule has 0 aromatic heterocycles. The second kappa shape index (κ2) is 16.9. The first-order chi connectivity index (χ1) is 0. The molecule has 0 fully saturated rings. The van der Waals surface area contributed by atoms with Crippen molar-refractivity contribution < 1.29 is 61.3 Å². The average Bonchev–Trinajstić information content (AvgIpc) is 0. The van der Waals surface area contributed by atoms with Crippen molar-refractivity contribution in [2.75, 3.05) is 0 Å². The molecule has 0 atom stereocenters. The molecule has 0 aromatic carbocycles. The fourth-order valence-electron chi connectivity index (χ4n) is 0. The molecule has 0 nitrogen and oxygen atoms in total. The maximum Gasteiger partial charge on any atom is 0 e. The minimum absolute atomic E-state index is 0. The van der Waals surface area contributed by atoms with Crippen LogP contribution in [0.3, 0.4) is 0 Å². The van der Waals surface area contributed by atoms with E-state index in [1.807, 2.05) is 0 Å². The predicted octanol–water partition coefficient (Wildman–Crippen LogP) is -0.388. The van der Waals surface area contributed by atoms with Gasteiger partial charge in [-0.15, -0.1) is 0 Å². The quantitative estimate of drug-likeness (QED) is 0.456. The summed E-state index contributed by atoms with van der Waals surface area (Å²) in [6, 6.07) is 0. The largest absolute Gasteiger partial charge is 0 e.